The van der Waals surface area contributed by atoms with Crippen molar-refractivity contribution in [2.45, 2.75) is 50.3 Å². The maximum atomic E-state index is 12.5. The predicted molar refractivity (Wildman–Crippen MR) is 85.5 cm³/mol. The largest absolute Gasteiger partial charge is 0.338 e. The van der Waals surface area contributed by atoms with Crippen molar-refractivity contribution in [3.63, 3.8) is 0 Å². The van der Waals surface area contributed by atoms with E-state index in [1.165, 1.54) is 0 Å². The van der Waals surface area contributed by atoms with Crippen molar-refractivity contribution < 1.29 is 4.79 Å². The second kappa shape index (κ2) is 6.72. The molecule has 0 radical (unpaired) electrons. The summed E-state index contributed by atoms with van der Waals surface area (Å²) in [6, 6.07) is 0.425. The highest BCUT2D eigenvalue weighted by atomic mass is 32.2. The van der Waals surface area contributed by atoms with Gasteiger partial charge >= 0.3 is 0 Å². The number of unbranched alkanes of at least 4 members (excludes halogenated alkanes) is 2. The summed E-state index contributed by atoms with van der Waals surface area (Å²) in [5.41, 5.74) is 5.53. The van der Waals surface area contributed by atoms with Gasteiger partial charge in [0.1, 0.15) is 0 Å². The molecule has 0 aromatic rings. The van der Waals surface area contributed by atoms with Gasteiger partial charge in [0.05, 0.1) is 0 Å². The summed E-state index contributed by atoms with van der Waals surface area (Å²) in [5.74, 6) is 1.68. The summed E-state index contributed by atoms with van der Waals surface area (Å²) in [5, 5.41) is 1.12. The van der Waals surface area contributed by atoms with Gasteiger partial charge in [-0.15, -0.1) is 11.8 Å². The fraction of sp³-hybridized carbons (Fsp3) is 0.929. The lowest BCUT2D eigenvalue weighted by atomic mass is 9.97. The first kappa shape index (κ1) is 15.5. The Morgan fingerprint density at radius 1 is 1.37 bits per heavy atom. The van der Waals surface area contributed by atoms with Crippen molar-refractivity contribution in [1.82, 2.24) is 4.90 Å². The van der Waals surface area contributed by atoms with E-state index in [-0.39, 0.29) is 10.7 Å². The lowest BCUT2D eigenvalue weighted by molar-refractivity contribution is -0.131. The van der Waals surface area contributed by atoms with Crippen LogP contribution < -0.4 is 5.73 Å². The van der Waals surface area contributed by atoms with Gasteiger partial charge < -0.3 is 10.6 Å². The molecule has 5 heteroatoms. The molecule has 0 aliphatic carbocycles. The smallest absolute Gasteiger partial charge is 0.226 e. The maximum absolute atomic E-state index is 12.5. The molecule has 2 unspecified atom stereocenters. The van der Waals surface area contributed by atoms with Crippen molar-refractivity contribution in [2.24, 2.45) is 11.7 Å². The van der Waals surface area contributed by atoms with Gasteiger partial charge in [-0.2, -0.15) is 11.8 Å². The molecule has 2 aliphatic heterocycles. The zero-order valence-corrected chi connectivity index (χ0v) is 13.7. The highest BCUT2D eigenvalue weighted by Gasteiger charge is 2.47. The minimum atomic E-state index is 0.186. The first-order valence-corrected chi connectivity index (χ1v) is 9.42. The highest BCUT2D eigenvalue weighted by Crippen LogP contribution is 2.44. The van der Waals surface area contributed by atoms with Gasteiger partial charge in [0.15, 0.2) is 0 Å². The molecule has 2 heterocycles. The maximum Gasteiger partial charge on any atom is 0.226 e. The molecule has 0 aromatic carbocycles. The number of likely N-dealkylation sites (tertiary alicyclic amines) is 1. The molecule has 2 bridgehead atoms. The Bertz CT molecular complexity index is 323. The van der Waals surface area contributed by atoms with E-state index in [9.17, 15) is 4.79 Å². The zero-order valence-electron chi connectivity index (χ0n) is 12.1. The molecule has 110 valence electrons. The Labute approximate surface area is 125 Å². The summed E-state index contributed by atoms with van der Waals surface area (Å²) in [6.07, 6.45) is 4.37. The molecule has 2 saturated heterocycles. The average Bonchev–Trinajstić information content (AvgIpc) is 2.68. The van der Waals surface area contributed by atoms with Gasteiger partial charge in [-0.25, -0.2) is 0 Å². The Balaban J connectivity index is 2.01. The molecule has 0 spiro atoms. The van der Waals surface area contributed by atoms with Crippen LogP contribution in [0.4, 0.5) is 0 Å². The minimum Gasteiger partial charge on any atom is -0.338 e. The second-order valence-corrected chi connectivity index (χ2v) is 9.09. The molecule has 2 atom stereocenters. The number of hydrogen-bond acceptors (Lipinski definition) is 4. The van der Waals surface area contributed by atoms with Crippen LogP contribution in [0.2, 0.25) is 0 Å². The Hall–Kier alpha value is 0.130. The van der Waals surface area contributed by atoms with Gasteiger partial charge in [0, 0.05) is 34.1 Å². The number of thioether (sulfide) groups is 2. The van der Waals surface area contributed by atoms with Crippen LogP contribution in [0.5, 0.6) is 0 Å². The van der Waals surface area contributed by atoms with Gasteiger partial charge in [-0.3, -0.25) is 4.79 Å². The Morgan fingerprint density at radius 3 is 2.89 bits per heavy atom. The van der Waals surface area contributed by atoms with Crippen molar-refractivity contribution in [1.29, 1.82) is 0 Å². The number of carbonyl (C=O) groups excluding carboxylic acids is 1. The average molecular weight is 303 g/mol. The van der Waals surface area contributed by atoms with E-state index in [1.807, 2.05) is 23.5 Å². The third kappa shape index (κ3) is 3.61. The quantitative estimate of drug-likeness (QED) is 0.793. The van der Waals surface area contributed by atoms with Crippen LogP contribution in [0.3, 0.4) is 0 Å². The molecule has 2 aliphatic rings. The summed E-state index contributed by atoms with van der Waals surface area (Å²) in [4.78, 5) is 14.7. The van der Waals surface area contributed by atoms with Crippen LogP contribution in [0.1, 0.15) is 39.5 Å². The summed E-state index contributed by atoms with van der Waals surface area (Å²) in [6.45, 7) is 6.29. The molecule has 0 aromatic heterocycles. The molecule has 3 nitrogen and oxygen atoms in total. The molecule has 19 heavy (non-hydrogen) atoms. The lowest BCUT2D eigenvalue weighted by Gasteiger charge is -2.37. The van der Waals surface area contributed by atoms with Gasteiger partial charge in [-0.05, 0) is 39.7 Å². The summed E-state index contributed by atoms with van der Waals surface area (Å²) in [7, 11) is 0. The van der Waals surface area contributed by atoms with Crippen LogP contribution in [0.25, 0.3) is 0 Å². The van der Waals surface area contributed by atoms with Gasteiger partial charge in [0.2, 0.25) is 5.91 Å². The van der Waals surface area contributed by atoms with Crippen molar-refractivity contribution in [3.05, 3.63) is 0 Å². The third-order valence-corrected chi connectivity index (χ3v) is 7.05. The normalized spacial score (nSPS) is 30.3. The van der Waals surface area contributed by atoms with E-state index in [0.29, 0.717) is 11.9 Å². The molecule has 2 N–H and O–H groups in total. The topological polar surface area (TPSA) is 46.3 Å². The Morgan fingerprint density at radius 2 is 2.16 bits per heavy atom. The molecule has 1 amide bonds. The second-order valence-electron chi connectivity index (χ2n) is 6.07. The summed E-state index contributed by atoms with van der Waals surface area (Å²) >= 11 is 3.94. The minimum absolute atomic E-state index is 0.186. The predicted octanol–water partition coefficient (Wildman–Crippen LogP) is 2.55. The fourth-order valence-electron chi connectivity index (χ4n) is 3.03. The number of hydrogen-bond donors (Lipinski definition) is 1. The van der Waals surface area contributed by atoms with E-state index in [1.54, 1.807) is 0 Å². The number of nitrogens with zero attached hydrogens (tertiary/aromatic N) is 1. The fourth-order valence-corrected chi connectivity index (χ4v) is 5.95. The number of carbonyl (C=O) groups is 1. The van der Waals surface area contributed by atoms with E-state index in [0.717, 1.165) is 49.6 Å². The van der Waals surface area contributed by atoms with E-state index in [4.69, 9.17) is 5.73 Å². The zero-order chi connectivity index (χ0) is 13.9. The van der Waals surface area contributed by atoms with Crippen molar-refractivity contribution in [2.75, 3.05) is 23.9 Å². The standard InChI is InChI=1S/C14H26N2OS2/c1-14(2)12-8-11(9-18-10-19-14)13(17)16(12)7-5-3-4-6-15/h11-12H,3-10,15H2,1-2H3. The molecule has 0 saturated carbocycles. The van der Waals surface area contributed by atoms with Crippen LogP contribution >= 0.6 is 23.5 Å². The first-order valence-electron chi connectivity index (χ1n) is 7.28. The lowest BCUT2D eigenvalue weighted by Crippen LogP contribution is -2.45. The van der Waals surface area contributed by atoms with Gasteiger partial charge in [0.25, 0.3) is 0 Å². The van der Waals surface area contributed by atoms with Crippen LogP contribution in [0, 0.1) is 5.92 Å². The molecule has 2 rings (SSSR count). The Kier molecular flexibility index (Phi) is 5.49. The van der Waals surface area contributed by atoms with Crippen LogP contribution in [-0.2, 0) is 4.79 Å². The SMILES string of the molecule is CC1(C)SCSCC2CC1N(CCCCCN)C2=O. The van der Waals surface area contributed by atoms with Crippen LogP contribution in [0.15, 0.2) is 0 Å². The first-order chi connectivity index (χ1) is 9.06. The molecular weight excluding hydrogens is 276 g/mol. The third-order valence-electron chi connectivity index (χ3n) is 4.26. The van der Waals surface area contributed by atoms with E-state index >= 15 is 0 Å². The van der Waals surface area contributed by atoms with E-state index in [2.05, 4.69) is 18.7 Å². The van der Waals surface area contributed by atoms with Gasteiger partial charge in [-0.1, -0.05) is 6.42 Å². The summed E-state index contributed by atoms with van der Waals surface area (Å²) < 4.78 is 0.186. The van der Waals surface area contributed by atoms with Crippen molar-refractivity contribution in [3.8, 4) is 0 Å². The molecule has 2 fully saturated rings. The highest BCUT2D eigenvalue weighted by molar-refractivity contribution is 8.16. The van der Waals surface area contributed by atoms with E-state index < -0.39 is 0 Å². The number of amides is 1. The van der Waals surface area contributed by atoms with Crippen LogP contribution in [-0.4, -0.2) is 45.5 Å². The van der Waals surface area contributed by atoms with Crippen molar-refractivity contribution >= 4 is 29.4 Å². The monoisotopic (exact) mass is 302 g/mol. The number of nitrogens with two attached hydrogens (primary N) is 1. The number of rotatable bonds is 5. The molecular formula is C14H26N2OS2. The number of fused-ring (bicyclic) bond motifs is 2.